The molecule has 2 heterocycles. The zero-order chi connectivity index (χ0) is 14.8. The summed E-state index contributed by atoms with van der Waals surface area (Å²) in [6, 6.07) is 5.49. The summed E-state index contributed by atoms with van der Waals surface area (Å²) >= 11 is 6.13. The first-order chi connectivity index (χ1) is 10.2. The third kappa shape index (κ3) is 2.74. The Hall–Kier alpha value is -2.01. The average molecular weight is 305 g/mol. The van der Waals surface area contributed by atoms with E-state index in [2.05, 4.69) is 15.3 Å². The van der Waals surface area contributed by atoms with Crippen molar-refractivity contribution in [2.24, 2.45) is 0 Å². The lowest BCUT2D eigenvalue weighted by atomic mass is 10.0. The molecule has 21 heavy (non-hydrogen) atoms. The number of benzene rings is 1. The Morgan fingerprint density at radius 3 is 2.95 bits per heavy atom. The van der Waals surface area contributed by atoms with Crippen molar-refractivity contribution in [3.63, 3.8) is 0 Å². The molecule has 0 amide bonds. The molecule has 5 nitrogen and oxygen atoms in total. The number of nitrogen functional groups attached to an aromatic ring is 1. The number of nitrogens with zero attached hydrogens (tertiary/aromatic N) is 2. The summed E-state index contributed by atoms with van der Waals surface area (Å²) in [5.74, 6) is 1.79. The molecule has 0 fully saturated rings. The van der Waals surface area contributed by atoms with Gasteiger partial charge in [0.05, 0.1) is 12.8 Å². The molecular formula is C15H17ClN4O. The molecule has 1 aliphatic heterocycles. The third-order valence-corrected chi connectivity index (χ3v) is 3.82. The van der Waals surface area contributed by atoms with Gasteiger partial charge in [-0.2, -0.15) is 4.98 Å². The number of rotatable bonds is 2. The van der Waals surface area contributed by atoms with E-state index in [0.717, 1.165) is 54.2 Å². The van der Waals surface area contributed by atoms with E-state index >= 15 is 0 Å². The van der Waals surface area contributed by atoms with Crippen LogP contribution in [0.25, 0.3) is 11.3 Å². The fourth-order valence-electron chi connectivity index (χ4n) is 2.61. The lowest BCUT2D eigenvalue weighted by Crippen LogP contribution is -2.08. The Morgan fingerprint density at radius 2 is 2.14 bits per heavy atom. The van der Waals surface area contributed by atoms with Crippen LogP contribution in [0.4, 0.5) is 11.8 Å². The Bertz CT molecular complexity index is 675. The number of hydrogen-bond donors (Lipinski definition) is 2. The molecule has 1 aromatic heterocycles. The van der Waals surface area contributed by atoms with Gasteiger partial charge < -0.3 is 15.8 Å². The molecule has 0 saturated heterocycles. The number of nitrogens with one attached hydrogen (secondary N) is 1. The number of fused-ring (bicyclic) bond motifs is 1. The van der Waals surface area contributed by atoms with Crippen LogP contribution in [0.1, 0.15) is 18.4 Å². The van der Waals surface area contributed by atoms with Crippen molar-refractivity contribution >= 4 is 23.4 Å². The normalized spacial score (nSPS) is 14.0. The van der Waals surface area contributed by atoms with Crippen LogP contribution in [-0.2, 0) is 6.42 Å². The third-order valence-electron chi connectivity index (χ3n) is 3.59. The Labute approximate surface area is 128 Å². The van der Waals surface area contributed by atoms with Gasteiger partial charge in [-0.15, -0.1) is 0 Å². The molecule has 0 atom stereocenters. The fourth-order valence-corrected chi connectivity index (χ4v) is 2.78. The molecule has 0 saturated carbocycles. The minimum Gasteiger partial charge on any atom is -0.496 e. The number of aromatic nitrogens is 2. The predicted octanol–water partition coefficient (Wildman–Crippen LogP) is 3.14. The van der Waals surface area contributed by atoms with Crippen molar-refractivity contribution in [2.75, 3.05) is 24.7 Å². The highest BCUT2D eigenvalue weighted by molar-refractivity contribution is 6.31. The maximum absolute atomic E-state index is 6.13. The standard InChI is InChI=1S/C15H17ClN4O/c1-21-12-6-5-9(16)8-11(12)13-10-4-2-3-7-18-14(10)20-15(17)19-13/h5-6,8H,2-4,7H2,1H3,(H3,17,18,19,20). The number of ether oxygens (including phenoxy) is 1. The van der Waals surface area contributed by atoms with Gasteiger partial charge >= 0.3 is 0 Å². The second-order valence-corrected chi connectivity index (χ2v) is 5.42. The Kier molecular flexibility index (Phi) is 3.84. The van der Waals surface area contributed by atoms with Crippen LogP contribution in [-0.4, -0.2) is 23.6 Å². The molecule has 0 bridgehead atoms. The van der Waals surface area contributed by atoms with Crippen LogP contribution in [0.5, 0.6) is 5.75 Å². The first-order valence-corrected chi connectivity index (χ1v) is 7.31. The first-order valence-electron chi connectivity index (χ1n) is 6.93. The van der Waals surface area contributed by atoms with Crippen LogP contribution in [0.15, 0.2) is 18.2 Å². The SMILES string of the molecule is COc1ccc(Cl)cc1-c1nc(N)nc2c1CCCCN2. The van der Waals surface area contributed by atoms with Crippen molar-refractivity contribution in [2.45, 2.75) is 19.3 Å². The minimum absolute atomic E-state index is 0.250. The summed E-state index contributed by atoms with van der Waals surface area (Å²) in [4.78, 5) is 8.76. The lowest BCUT2D eigenvalue weighted by Gasteiger charge is -2.15. The molecule has 0 unspecified atom stereocenters. The van der Waals surface area contributed by atoms with Crippen molar-refractivity contribution in [1.82, 2.24) is 9.97 Å². The molecule has 0 radical (unpaired) electrons. The monoisotopic (exact) mass is 304 g/mol. The summed E-state index contributed by atoms with van der Waals surface area (Å²) in [6.07, 6.45) is 3.10. The average Bonchev–Trinajstić information content (AvgIpc) is 2.71. The highest BCUT2D eigenvalue weighted by Crippen LogP contribution is 2.37. The summed E-state index contributed by atoms with van der Waals surface area (Å²) in [6.45, 7) is 0.898. The van der Waals surface area contributed by atoms with Crippen LogP contribution < -0.4 is 15.8 Å². The number of methoxy groups -OCH3 is 1. The van der Waals surface area contributed by atoms with Gasteiger partial charge in [0, 0.05) is 22.7 Å². The van der Waals surface area contributed by atoms with E-state index in [1.807, 2.05) is 12.1 Å². The van der Waals surface area contributed by atoms with E-state index in [9.17, 15) is 0 Å². The van der Waals surface area contributed by atoms with E-state index in [0.29, 0.717) is 5.02 Å². The van der Waals surface area contributed by atoms with Gasteiger partial charge in [0.25, 0.3) is 0 Å². The van der Waals surface area contributed by atoms with Crippen LogP contribution in [0, 0.1) is 0 Å². The van der Waals surface area contributed by atoms with Gasteiger partial charge in [-0.25, -0.2) is 4.98 Å². The maximum Gasteiger partial charge on any atom is 0.222 e. The molecule has 2 aromatic rings. The van der Waals surface area contributed by atoms with Crippen LogP contribution in [0.2, 0.25) is 5.02 Å². The molecule has 1 aliphatic rings. The lowest BCUT2D eigenvalue weighted by molar-refractivity contribution is 0.416. The van der Waals surface area contributed by atoms with E-state index < -0.39 is 0 Å². The van der Waals surface area contributed by atoms with Crippen LogP contribution in [0.3, 0.4) is 0 Å². The van der Waals surface area contributed by atoms with E-state index in [1.165, 1.54) is 0 Å². The molecule has 0 aliphatic carbocycles. The molecule has 0 spiro atoms. The molecule has 3 rings (SSSR count). The highest BCUT2D eigenvalue weighted by atomic mass is 35.5. The van der Waals surface area contributed by atoms with E-state index in [-0.39, 0.29) is 5.95 Å². The van der Waals surface area contributed by atoms with Gasteiger partial charge in [-0.3, -0.25) is 0 Å². The van der Waals surface area contributed by atoms with Crippen molar-refractivity contribution < 1.29 is 4.74 Å². The van der Waals surface area contributed by atoms with Gasteiger partial charge in [-0.1, -0.05) is 11.6 Å². The maximum atomic E-state index is 6.13. The van der Waals surface area contributed by atoms with E-state index in [1.54, 1.807) is 13.2 Å². The topological polar surface area (TPSA) is 73.1 Å². The smallest absolute Gasteiger partial charge is 0.222 e. The number of anilines is 2. The zero-order valence-corrected chi connectivity index (χ0v) is 12.6. The molecule has 110 valence electrons. The molecule has 1 aromatic carbocycles. The van der Waals surface area contributed by atoms with Gasteiger partial charge in [0.2, 0.25) is 5.95 Å². The quantitative estimate of drug-likeness (QED) is 0.891. The van der Waals surface area contributed by atoms with E-state index in [4.69, 9.17) is 22.1 Å². The minimum atomic E-state index is 0.250. The number of halogens is 1. The van der Waals surface area contributed by atoms with Crippen LogP contribution >= 0.6 is 11.6 Å². The van der Waals surface area contributed by atoms with Gasteiger partial charge in [0.1, 0.15) is 11.6 Å². The first kappa shape index (κ1) is 13.9. The Morgan fingerprint density at radius 1 is 1.29 bits per heavy atom. The molecule has 6 heteroatoms. The summed E-state index contributed by atoms with van der Waals surface area (Å²) in [5, 5.41) is 3.96. The second-order valence-electron chi connectivity index (χ2n) is 4.99. The molecule has 3 N–H and O–H groups in total. The highest BCUT2D eigenvalue weighted by Gasteiger charge is 2.19. The van der Waals surface area contributed by atoms with Crippen molar-refractivity contribution in [3.05, 3.63) is 28.8 Å². The zero-order valence-electron chi connectivity index (χ0n) is 11.8. The van der Waals surface area contributed by atoms with Gasteiger partial charge in [-0.05, 0) is 37.5 Å². The molecular weight excluding hydrogens is 288 g/mol. The largest absolute Gasteiger partial charge is 0.496 e. The summed E-state index contributed by atoms with van der Waals surface area (Å²) in [5.41, 5.74) is 8.58. The number of nitrogens with two attached hydrogens (primary N) is 1. The Balaban J connectivity index is 2.22. The summed E-state index contributed by atoms with van der Waals surface area (Å²) in [7, 11) is 1.63. The van der Waals surface area contributed by atoms with Gasteiger partial charge in [0.15, 0.2) is 0 Å². The fraction of sp³-hybridized carbons (Fsp3) is 0.333. The second kappa shape index (κ2) is 5.77. The number of hydrogen-bond acceptors (Lipinski definition) is 5. The van der Waals surface area contributed by atoms with Crippen molar-refractivity contribution in [1.29, 1.82) is 0 Å². The summed E-state index contributed by atoms with van der Waals surface area (Å²) < 4.78 is 5.44. The predicted molar refractivity (Wildman–Crippen MR) is 84.9 cm³/mol. The van der Waals surface area contributed by atoms with Crippen molar-refractivity contribution in [3.8, 4) is 17.0 Å².